The molecule has 0 radical (unpaired) electrons. The third kappa shape index (κ3) is 3.42. The molecular weight excluding hydrogens is 172 g/mol. The highest BCUT2D eigenvalue weighted by molar-refractivity contribution is 5.82. The first-order chi connectivity index (χ1) is 6.22. The summed E-state index contributed by atoms with van der Waals surface area (Å²) in [4.78, 5) is 21.8. The van der Waals surface area contributed by atoms with Gasteiger partial charge in [-0.2, -0.15) is 0 Å². The first kappa shape index (κ1) is 9.98. The lowest BCUT2D eigenvalue weighted by Crippen LogP contribution is -2.38. The van der Waals surface area contributed by atoms with Gasteiger partial charge in [-0.05, 0) is 6.92 Å². The maximum atomic E-state index is 11.1. The Kier molecular flexibility index (Phi) is 3.70. The fourth-order valence-corrected chi connectivity index (χ4v) is 1.17. The van der Waals surface area contributed by atoms with E-state index in [1.54, 1.807) is 0 Å². The summed E-state index contributed by atoms with van der Waals surface area (Å²) in [5, 5.41) is 5.33. The predicted molar refractivity (Wildman–Crippen MR) is 46.1 cm³/mol. The van der Waals surface area contributed by atoms with Crippen LogP contribution in [0, 0.1) is 0 Å². The van der Waals surface area contributed by atoms with Gasteiger partial charge in [0, 0.05) is 19.6 Å². The van der Waals surface area contributed by atoms with E-state index >= 15 is 0 Å². The minimum atomic E-state index is -0.164. The lowest BCUT2D eigenvalue weighted by molar-refractivity contribution is -0.126. The lowest BCUT2D eigenvalue weighted by Gasteiger charge is -2.09. The molecule has 2 amide bonds. The van der Waals surface area contributed by atoms with Crippen LogP contribution in [0.15, 0.2) is 0 Å². The van der Waals surface area contributed by atoms with E-state index in [1.807, 2.05) is 6.92 Å². The van der Waals surface area contributed by atoms with Gasteiger partial charge in [0.2, 0.25) is 11.8 Å². The summed E-state index contributed by atoms with van der Waals surface area (Å²) in [6.45, 7) is 2.95. The van der Waals surface area contributed by atoms with Crippen LogP contribution in [0.1, 0.15) is 13.3 Å². The Labute approximate surface area is 76.8 Å². The van der Waals surface area contributed by atoms with E-state index < -0.39 is 0 Å². The Morgan fingerprint density at radius 3 is 3.08 bits per heavy atom. The molecule has 5 nitrogen and oxygen atoms in total. The summed E-state index contributed by atoms with van der Waals surface area (Å²) < 4.78 is 4.92. The Hall–Kier alpha value is -1.10. The molecule has 0 saturated carbocycles. The maximum Gasteiger partial charge on any atom is 0.246 e. The average molecular weight is 186 g/mol. The van der Waals surface area contributed by atoms with Crippen molar-refractivity contribution in [2.45, 2.75) is 19.4 Å². The minimum Gasteiger partial charge on any atom is -0.372 e. The van der Waals surface area contributed by atoms with Gasteiger partial charge in [0.1, 0.15) is 6.61 Å². The average Bonchev–Trinajstić information content (AvgIpc) is 2.48. The lowest BCUT2D eigenvalue weighted by atomic mass is 10.2. The van der Waals surface area contributed by atoms with Crippen LogP contribution >= 0.6 is 0 Å². The number of amides is 2. The van der Waals surface area contributed by atoms with E-state index in [0.717, 1.165) is 0 Å². The van der Waals surface area contributed by atoms with Crippen LogP contribution < -0.4 is 10.6 Å². The van der Waals surface area contributed by atoms with Crippen LogP contribution in [0.4, 0.5) is 0 Å². The van der Waals surface area contributed by atoms with E-state index in [0.29, 0.717) is 19.6 Å². The molecule has 1 heterocycles. The Balaban J connectivity index is 2.17. The Morgan fingerprint density at radius 2 is 2.54 bits per heavy atom. The molecule has 0 aliphatic carbocycles. The maximum absolute atomic E-state index is 11.1. The van der Waals surface area contributed by atoms with Gasteiger partial charge in [-0.3, -0.25) is 9.59 Å². The number of carbonyl (C=O) groups excluding carboxylic acids is 2. The molecule has 1 unspecified atom stereocenters. The molecule has 0 spiro atoms. The van der Waals surface area contributed by atoms with Crippen molar-refractivity contribution in [1.82, 2.24) is 10.6 Å². The van der Waals surface area contributed by atoms with Gasteiger partial charge in [-0.1, -0.05) is 0 Å². The fourth-order valence-electron chi connectivity index (χ4n) is 1.17. The van der Waals surface area contributed by atoms with Crippen LogP contribution in [0.25, 0.3) is 0 Å². The van der Waals surface area contributed by atoms with Crippen molar-refractivity contribution in [2.75, 3.05) is 19.8 Å². The van der Waals surface area contributed by atoms with Gasteiger partial charge >= 0.3 is 0 Å². The molecule has 0 bridgehead atoms. The zero-order valence-corrected chi connectivity index (χ0v) is 7.63. The van der Waals surface area contributed by atoms with Crippen molar-refractivity contribution in [3.63, 3.8) is 0 Å². The van der Waals surface area contributed by atoms with E-state index in [1.165, 1.54) is 0 Å². The van der Waals surface area contributed by atoms with E-state index in [-0.39, 0.29) is 24.5 Å². The van der Waals surface area contributed by atoms with Crippen molar-refractivity contribution in [3.8, 4) is 0 Å². The van der Waals surface area contributed by atoms with Gasteiger partial charge < -0.3 is 15.4 Å². The molecule has 5 heteroatoms. The van der Waals surface area contributed by atoms with Crippen LogP contribution in [-0.4, -0.2) is 37.6 Å². The predicted octanol–water partition coefficient (Wildman–Crippen LogP) is -0.972. The number of hydrogen-bond acceptors (Lipinski definition) is 3. The summed E-state index contributed by atoms with van der Waals surface area (Å²) in [5.74, 6) is -0.176. The summed E-state index contributed by atoms with van der Waals surface area (Å²) in [6, 6.07) is -0.0690. The number of hydrogen-bond donors (Lipinski definition) is 2. The van der Waals surface area contributed by atoms with Crippen LogP contribution in [0.3, 0.4) is 0 Å². The standard InChI is InChI=1S/C8H14N2O3/c1-2-13-5-8(12)10-6-3-7(11)9-4-6/h6H,2-5H2,1H3,(H,9,11)(H,10,12). The van der Waals surface area contributed by atoms with Gasteiger partial charge in [0.25, 0.3) is 0 Å². The van der Waals surface area contributed by atoms with Crippen LogP contribution in [-0.2, 0) is 14.3 Å². The van der Waals surface area contributed by atoms with Gasteiger partial charge in [-0.15, -0.1) is 0 Å². The van der Waals surface area contributed by atoms with Crippen molar-refractivity contribution in [1.29, 1.82) is 0 Å². The summed E-state index contributed by atoms with van der Waals surface area (Å²) in [5.41, 5.74) is 0. The molecular formula is C8H14N2O3. The molecule has 13 heavy (non-hydrogen) atoms. The minimum absolute atomic E-state index is 0.0123. The zero-order chi connectivity index (χ0) is 9.68. The number of nitrogens with one attached hydrogen (secondary N) is 2. The molecule has 1 rings (SSSR count). The van der Waals surface area contributed by atoms with Crippen molar-refractivity contribution in [3.05, 3.63) is 0 Å². The summed E-state index contributed by atoms with van der Waals surface area (Å²) in [7, 11) is 0. The first-order valence-corrected chi connectivity index (χ1v) is 4.36. The van der Waals surface area contributed by atoms with Crippen molar-refractivity contribution in [2.24, 2.45) is 0 Å². The monoisotopic (exact) mass is 186 g/mol. The molecule has 1 saturated heterocycles. The molecule has 2 N–H and O–H groups in total. The quantitative estimate of drug-likeness (QED) is 0.593. The molecule has 1 aliphatic heterocycles. The van der Waals surface area contributed by atoms with Crippen molar-refractivity contribution >= 4 is 11.8 Å². The van der Waals surface area contributed by atoms with Crippen LogP contribution in [0.2, 0.25) is 0 Å². The van der Waals surface area contributed by atoms with E-state index in [2.05, 4.69) is 10.6 Å². The van der Waals surface area contributed by atoms with E-state index in [4.69, 9.17) is 4.74 Å². The fraction of sp³-hybridized carbons (Fsp3) is 0.750. The van der Waals surface area contributed by atoms with Gasteiger partial charge in [-0.25, -0.2) is 0 Å². The summed E-state index contributed by atoms with van der Waals surface area (Å²) >= 11 is 0. The second kappa shape index (κ2) is 4.81. The molecule has 0 aromatic carbocycles. The molecule has 1 fully saturated rings. The Bertz CT molecular complexity index is 206. The highest BCUT2D eigenvalue weighted by Gasteiger charge is 2.22. The number of rotatable bonds is 4. The third-order valence-electron chi connectivity index (χ3n) is 1.78. The molecule has 1 atom stereocenters. The Morgan fingerprint density at radius 1 is 1.77 bits per heavy atom. The molecule has 1 aliphatic rings. The third-order valence-corrected chi connectivity index (χ3v) is 1.78. The first-order valence-electron chi connectivity index (χ1n) is 4.36. The summed E-state index contributed by atoms with van der Waals surface area (Å²) in [6.07, 6.45) is 0.373. The highest BCUT2D eigenvalue weighted by Crippen LogP contribution is 1.98. The normalized spacial score (nSPS) is 21.3. The number of carbonyl (C=O) groups is 2. The molecule has 0 aromatic heterocycles. The topological polar surface area (TPSA) is 67.4 Å². The van der Waals surface area contributed by atoms with Gasteiger partial charge in [0.15, 0.2) is 0 Å². The van der Waals surface area contributed by atoms with Crippen molar-refractivity contribution < 1.29 is 14.3 Å². The molecule has 0 aromatic rings. The van der Waals surface area contributed by atoms with Crippen LogP contribution in [0.5, 0.6) is 0 Å². The highest BCUT2D eigenvalue weighted by atomic mass is 16.5. The molecule has 74 valence electrons. The van der Waals surface area contributed by atoms with Gasteiger partial charge in [0.05, 0.1) is 6.04 Å². The second-order valence-corrected chi connectivity index (χ2v) is 2.91. The second-order valence-electron chi connectivity index (χ2n) is 2.91. The number of ether oxygens (including phenoxy) is 1. The SMILES string of the molecule is CCOCC(=O)NC1CNC(=O)C1. The zero-order valence-electron chi connectivity index (χ0n) is 7.63. The largest absolute Gasteiger partial charge is 0.372 e. The van der Waals surface area contributed by atoms with E-state index in [9.17, 15) is 9.59 Å². The smallest absolute Gasteiger partial charge is 0.246 e.